The van der Waals surface area contributed by atoms with Crippen molar-refractivity contribution in [1.29, 1.82) is 0 Å². The summed E-state index contributed by atoms with van der Waals surface area (Å²) in [5, 5.41) is 13.9. The van der Waals surface area contributed by atoms with Crippen LogP contribution in [0, 0.1) is 20.8 Å². The molecule has 3 rings (SSSR count). The molecule has 7 nitrogen and oxygen atoms in total. The second-order valence-corrected chi connectivity index (χ2v) is 8.58. The van der Waals surface area contributed by atoms with E-state index in [1.807, 2.05) is 6.92 Å². The summed E-state index contributed by atoms with van der Waals surface area (Å²) >= 11 is 1.59. The van der Waals surface area contributed by atoms with Gasteiger partial charge in [-0.1, -0.05) is 5.16 Å². The largest absolute Gasteiger partial charge is 0.360 e. The first-order valence-electron chi connectivity index (χ1n) is 7.12. The summed E-state index contributed by atoms with van der Waals surface area (Å²) in [5.41, 5.74) is 0.416. The fraction of sp³-hybridized carbons (Fsp3) is 0.615. The molecule has 0 aromatic carbocycles. The van der Waals surface area contributed by atoms with E-state index in [9.17, 15) is 8.42 Å². The topological polar surface area (TPSA) is 89.2 Å². The minimum absolute atomic E-state index is 0.206. The van der Waals surface area contributed by atoms with Gasteiger partial charge in [-0.3, -0.25) is 0 Å². The van der Waals surface area contributed by atoms with Gasteiger partial charge in [0.1, 0.15) is 20.6 Å². The summed E-state index contributed by atoms with van der Waals surface area (Å²) in [6.45, 7) is 6.17. The molecule has 0 amide bonds. The van der Waals surface area contributed by atoms with E-state index in [2.05, 4.69) is 15.4 Å². The Labute approximate surface area is 133 Å². The molecule has 0 bridgehead atoms. The summed E-state index contributed by atoms with van der Waals surface area (Å²) in [5.74, 6) is 0.640. The van der Waals surface area contributed by atoms with Gasteiger partial charge in [-0.25, -0.2) is 8.42 Å². The predicted molar refractivity (Wildman–Crippen MR) is 81.4 cm³/mol. The van der Waals surface area contributed by atoms with E-state index in [-0.39, 0.29) is 4.90 Å². The van der Waals surface area contributed by atoms with Gasteiger partial charge >= 0.3 is 0 Å². The molecule has 0 saturated carbocycles. The molecule has 22 heavy (non-hydrogen) atoms. The molecule has 1 saturated heterocycles. The van der Waals surface area contributed by atoms with E-state index in [0.29, 0.717) is 30.5 Å². The molecule has 0 unspecified atom stereocenters. The smallest absolute Gasteiger partial charge is 0.248 e. The van der Waals surface area contributed by atoms with Crippen LogP contribution < -0.4 is 0 Å². The molecule has 9 heteroatoms. The van der Waals surface area contributed by atoms with Gasteiger partial charge in [-0.15, -0.1) is 21.5 Å². The number of rotatable bonds is 3. The molecule has 2 aromatic rings. The maximum atomic E-state index is 12.7. The van der Waals surface area contributed by atoms with Crippen molar-refractivity contribution in [2.24, 2.45) is 0 Å². The van der Waals surface area contributed by atoms with Crippen molar-refractivity contribution in [3.8, 4) is 0 Å². The molecule has 2 aromatic heterocycles. The Morgan fingerprint density at radius 1 is 1.18 bits per heavy atom. The molecule has 0 N–H and O–H groups in total. The average molecular weight is 342 g/mol. The van der Waals surface area contributed by atoms with E-state index in [4.69, 9.17) is 4.52 Å². The van der Waals surface area contributed by atoms with E-state index in [1.54, 1.807) is 25.2 Å². The number of hydrogen-bond acceptors (Lipinski definition) is 7. The highest BCUT2D eigenvalue weighted by Gasteiger charge is 2.34. The highest BCUT2D eigenvalue weighted by Crippen LogP contribution is 2.33. The lowest BCUT2D eigenvalue weighted by Gasteiger charge is -2.29. The average Bonchev–Trinajstić information content (AvgIpc) is 3.05. The van der Waals surface area contributed by atoms with Crippen molar-refractivity contribution in [3.63, 3.8) is 0 Å². The second kappa shape index (κ2) is 5.71. The molecule has 0 atom stereocenters. The van der Waals surface area contributed by atoms with Gasteiger partial charge in [0, 0.05) is 19.0 Å². The maximum absolute atomic E-state index is 12.7. The Balaban J connectivity index is 1.76. The Kier molecular flexibility index (Phi) is 4.04. The predicted octanol–water partition coefficient (Wildman–Crippen LogP) is 2.02. The molecule has 120 valence electrons. The fourth-order valence-corrected chi connectivity index (χ4v) is 5.42. The quantitative estimate of drug-likeness (QED) is 0.848. The van der Waals surface area contributed by atoms with Crippen LogP contribution >= 0.6 is 11.3 Å². The minimum atomic E-state index is -3.54. The monoisotopic (exact) mass is 342 g/mol. The SMILES string of the molecule is Cc1nnc(C2CCN(S(=O)(=O)c3c(C)noc3C)CC2)s1. The van der Waals surface area contributed by atoms with Crippen LogP contribution in [0.1, 0.15) is 40.2 Å². The molecule has 0 radical (unpaired) electrons. The first-order chi connectivity index (χ1) is 10.4. The molecule has 1 aliphatic heterocycles. The summed E-state index contributed by atoms with van der Waals surface area (Å²) in [6, 6.07) is 0. The Hall–Kier alpha value is -1.32. The van der Waals surface area contributed by atoms with Crippen LogP contribution in [0.25, 0.3) is 0 Å². The number of aromatic nitrogens is 3. The highest BCUT2D eigenvalue weighted by molar-refractivity contribution is 7.89. The summed E-state index contributed by atoms with van der Waals surface area (Å²) in [7, 11) is -3.54. The van der Waals surface area contributed by atoms with Crippen LogP contribution in [-0.2, 0) is 10.0 Å². The van der Waals surface area contributed by atoms with Crippen molar-refractivity contribution in [2.45, 2.75) is 44.4 Å². The third kappa shape index (κ3) is 2.68. The molecule has 0 aliphatic carbocycles. The minimum Gasteiger partial charge on any atom is -0.360 e. The first-order valence-corrected chi connectivity index (χ1v) is 9.38. The van der Waals surface area contributed by atoms with Crippen LogP contribution in [0.2, 0.25) is 0 Å². The molecular formula is C13H18N4O3S2. The Morgan fingerprint density at radius 3 is 2.36 bits per heavy atom. The second-order valence-electron chi connectivity index (χ2n) is 5.49. The van der Waals surface area contributed by atoms with E-state index >= 15 is 0 Å². The van der Waals surface area contributed by atoms with Crippen molar-refractivity contribution in [3.05, 3.63) is 21.5 Å². The van der Waals surface area contributed by atoms with Crippen molar-refractivity contribution >= 4 is 21.4 Å². The van der Waals surface area contributed by atoms with Crippen LogP contribution in [-0.4, -0.2) is 41.2 Å². The van der Waals surface area contributed by atoms with E-state index in [0.717, 1.165) is 22.9 Å². The van der Waals surface area contributed by atoms with Crippen LogP contribution in [0.5, 0.6) is 0 Å². The van der Waals surface area contributed by atoms with Crippen LogP contribution in [0.15, 0.2) is 9.42 Å². The molecule has 0 spiro atoms. The Morgan fingerprint density at radius 2 is 1.86 bits per heavy atom. The number of hydrogen-bond donors (Lipinski definition) is 0. The van der Waals surface area contributed by atoms with Crippen molar-refractivity contribution < 1.29 is 12.9 Å². The van der Waals surface area contributed by atoms with Gasteiger partial charge in [-0.05, 0) is 33.6 Å². The zero-order chi connectivity index (χ0) is 15.9. The van der Waals surface area contributed by atoms with E-state index < -0.39 is 10.0 Å². The number of nitrogens with zero attached hydrogens (tertiary/aromatic N) is 4. The lowest BCUT2D eigenvalue weighted by molar-refractivity contribution is 0.317. The van der Waals surface area contributed by atoms with Gasteiger partial charge in [0.15, 0.2) is 5.76 Å². The lowest BCUT2D eigenvalue weighted by Crippen LogP contribution is -2.38. The Bertz CT molecular complexity index is 754. The summed E-state index contributed by atoms with van der Waals surface area (Å²) in [4.78, 5) is 0.206. The summed E-state index contributed by atoms with van der Waals surface area (Å²) in [6.07, 6.45) is 1.52. The van der Waals surface area contributed by atoms with Gasteiger partial charge in [0.05, 0.1) is 0 Å². The summed E-state index contributed by atoms with van der Waals surface area (Å²) < 4.78 is 32.0. The standard InChI is InChI=1S/C13H18N4O3S2/c1-8-12(9(2)20-16-8)22(18,19)17-6-4-11(5-7-17)13-15-14-10(3)21-13/h11H,4-7H2,1-3H3. The molecule has 1 fully saturated rings. The van der Waals surface area contributed by atoms with Crippen molar-refractivity contribution in [2.75, 3.05) is 13.1 Å². The zero-order valence-corrected chi connectivity index (χ0v) is 14.4. The van der Waals surface area contributed by atoms with Gasteiger partial charge in [-0.2, -0.15) is 4.31 Å². The molecular weight excluding hydrogens is 324 g/mol. The third-order valence-electron chi connectivity index (χ3n) is 3.91. The maximum Gasteiger partial charge on any atom is 0.248 e. The number of aryl methyl sites for hydroxylation is 3. The molecule has 3 heterocycles. The van der Waals surface area contributed by atoms with Crippen LogP contribution in [0.3, 0.4) is 0 Å². The van der Waals surface area contributed by atoms with E-state index in [1.165, 1.54) is 4.31 Å². The van der Waals surface area contributed by atoms with Gasteiger partial charge in [0.25, 0.3) is 0 Å². The first kappa shape index (κ1) is 15.6. The fourth-order valence-electron chi connectivity index (χ4n) is 2.79. The van der Waals surface area contributed by atoms with Gasteiger partial charge in [0.2, 0.25) is 10.0 Å². The number of sulfonamides is 1. The molecule has 1 aliphatic rings. The lowest BCUT2D eigenvalue weighted by atomic mass is 9.99. The van der Waals surface area contributed by atoms with Crippen molar-refractivity contribution in [1.82, 2.24) is 19.7 Å². The third-order valence-corrected chi connectivity index (χ3v) is 7.06. The highest BCUT2D eigenvalue weighted by atomic mass is 32.2. The zero-order valence-electron chi connectivity index (χ0n) is 12.7. The van der Waals surface area contributed by atoms with Crippen LogP contribution in [0.4, 0.5) is 0 Å². The van der Waals surface area contributed by atoms with Gasteiger partial charge < -0.3 is 4.52 Å². The number of piperidine rings is 1. The normalized spacial score (nSPS) is 18.0.